The van der Waals surface area contributed by atoms with Crippen molar-refractivity contribution in [2.75, 3.05) is 0 Å². The van der Waals surface area contributed by atoms with Crippen LogP contribution in [0.15, 0.2) is 18.2 Å². The molecule has 0 atom stereocenters. The van der Waals surface area contributed by atoms with Gasteiger partial charge in [-0.05, 0) is 25.0 Å². The minimum atomic E-state index is -0.161. The highest BCUT2D eigenvalue weighted by atomic mass is 35.5. The minimum absolute atomic E-state index is 0.161. The van der Waals surface area contributed by atoms with Gasteiger partial charge in [0.15, 0.2) is 0 Å². The van der Waals surface area contributed by atoms with Gasteiger partial charge in [0.1, 0.15) is 10.8 Å². The summed E-state index contributed by atoms with van der Waals surface area (Å²) in [7, 11) is 0. The predicted octanol–water partition coefficient (Wildman–Crippen LogP) is 2.65. The number of rotatable bonds is 4. The fourth-order valence-corrected chi connectivity index (χ4v) is 1.45. The summed E-state index contributed by atoms with van der Waals surface area (Å²) in [4.78, 5) is 15.6. The van der Waals surface area contributed by atoms with Gasteiger partial charge in [0.2, 0.25) is 0 Å². The Bertz CT molecular complexity index is 337. The quantitative estimate of drug-likeness (QED) is 0.802. The molecular formula is C11H15ClN2O. The third kappa shape index (κ3) is 3.51. The Balaban J connectivity index is 2.68. The number of amides is 1. The van der Waals surface area contributed by atoms with Gasteiger partial charge >= 0.3 is 0 Å². The second-order valence-corrected chi connectivity index (χ2v) is 3.72. The van der Waals surface area contributed by atoms with E-state index in [0.29, 0.717) is 10.8 Å². The summed E-state index contributed by atoms with van der Waals surface area (Å²) in [6.45, 7) is 4.08. The van der Waals surface area contributed by atoms with Crippen molar-refractivity contribution >= 4 is 17.5 Å². The van der Waals surface area contributed by atoms with Gasteiger partial charge in [-0.1, -0.05) is 31.5 Å². The lowest BCUT2D eigenvalue weighted by molar-refractivity contribution is 0.0930. The van der Waals surface area contributed by atoms with Crippen molar-refractivity contribution in [3.8, 4) is 0 Å². The molecule has 1 rings (SSSR count). The fourth-order valence-electron chi connectivity index (χ4n) is 1.29. The van der Waals surface area contributed by atoms with E-state index < -0.39 is 0 Å². The van der Waals surface area contributed by atoms with Crippen LogP contribution in [0, 0.1) is 0 Å². The first-order valence-corrected chi connectivity index (χ1v) is 5.48. The highest BCUT2D eigenvalue weighted by Crippen LogP contribution is 2.06. The fraction of sp³-hybridized carbons (Fsp3) is 0.455. The molecule has 0 aliphatic heterocycles. The Hall–Kier alpha value is -1.09. The molecule has 15 heavy (non-hydrogen) atoms. The average Bonchev–Trinajstić information content (AvgIpc) is 2.25. The van der Waals surface area contributed by atoms with Crippen LogP contribution in [-0.2, 0) is 0 Å². The molecule has 0 aliphatic rings. The number of hydrogen-bond donors (Lipinski definition) is 1. The zero-order chi connectivity index (χ0) is 11.3. The monoisotopic (exact) mass is 226 g/mol. The molecule has 0 aliphatic carbocycles. The van der Waals surface area contributed by atoms with Gasteiger partial charge in [0.05, 0.1) is 0 Å². The lowest BCUT2D eigenvalue weighted by Gasteiger charge is -2.14. The topological polar surface area (TPSA) is 42.0 Å². The Morgan fingerprint density at radius 2 is 2.13 bits per heavy atom. The van der Waals surface area contributed by atoms with E-state index in [1.54, 1.807) is 18.2 Å². The molecule has 0 bridgehead atoms. The van der Waals surface area contributed by atoms with Gasteiger partial charge < -0.3 is 5.32 Å². The van der Waals surface area contributed by atoms with Crippen LogP contribution < -0.4 is 5.32 Å². The summed E-state index contributed by atoms with van der Waals surface area (Å²) in [5.41, 5.74) is 0.370. The first kappa shape index (κ1) is 12.0. The van der Waals surface area contributed by atoms with Crippen molar-refractivity contribution in [1.82, 2.24) is 10.3 Å². The summed E-state index contributed by atoms with van der Waals surface area (Å²) in [5, 5.41) is 3.24. The minimum Gasteiger partial charge on any atom is -0.348 e. The first-order valence-electron chi connectivity index (χ1n) is 5.10. The van der Waals surface area contributed by atoms with E-state index in [2.05, 4.69) is 10.3 Å². The van der Waals surface area contributed by atoms with Crippen LogP contribution in [0.25, 0.3) is 0 Å². The Kier molecular flexibility index (Phi) is 4.56. The Labute approximate surface area is 94.9 Å². The predicted molar refractivity (Wildman–Crippen MR) is 61.1 cm³/mol. The number of carbonyl (C=O) groups is 1. The Morgan fingerprint density at radius 3 is 2.67 bits per heavy atom. The van der Waals surface area contributed by atoms with Crippen LogP contribution in [0.5, 0.6) is 0 Å². The largest absolute Gasteiger partial charge is 0.348 e. The van der Waals surface area contributed by atoms with Gasteiger partial charge in [0, 0.05) is 6.04 Å². The summed E-state index contributed by atoms with van der Waals surface area (Å²) in [6.07, 6.45) is 1.84. The van der Waals surface area contributed by atoms with E-state index in [-0.39, 0.29) is 11.9 Å². The number of hydrogen-bond acceptors (Lipinski definition) is 2. The molecule has 0 saturated heterocycles. The van der Waals surface area contributed by atoms with Gasteiger partial charge in [-0.2, -0.15) is 0 Å². The third-order valence-corrected chi connectivity index (χ3v) is 2.48. The maximum atomic E-state index is 11.7. The number of nitrogens with zero attached hydrogens (tertiary/aromatic N) is 1. The van der Waals surface area contributed by atoms with Crippen LogP contribution in [-0.4, -0.2) is 16.9 Å². The molecule has 0 radical (unpaired) electrons. The van der Waals surface area contributed by atoms with Crippen LogP contribution in [0.3, 0.4) is 0 Å². The molecule has 0 saturated carbocycles. The molecular weight excluding hydrogens is 212 g/mol. The highest BCUT2D eigenvalue weighted by Gasteiger charge is 2.11. The van der Waals surface area contributed by atoms with Crippen LogP contribution in [0.2, 0.25) is 5.15 Å². The third-order valence-electron chi connectivity index (χ3n) is 2.27. The number of halogens is 1. The van der Waals surface area contributed by atoms with Gasteiger partial charge in [0.25, 0.3) is 5.91 Å². The van der Waals surface area contributed by atoms with Crippen LogP contribution >= 0.6 is 11.6 Å². The first-order chi connectivity index (χ1) is 7.17. The van der Waals surface area contributed by atoms with E-state index in [1.165, 1.54) is 0 Å². The van der Waals surface area contributed by atoms with Crippen molar-refractivity contribution in [2.24, 2.45) is 0 Å². The molecule has 0 fully saturated rings. The van der Waals surface area contributed by atoms with Gasteiger partial charge in [-0.25, -0.2) is 4.98 Å². The molecule has 1 amide bonds. The normalized spacial score (nSPS) is 10.4. The maximum Gasteiger partial charge on any atom is 0.270 e. The van der Waals surface area contributed by atoms with Gasteiger partial charge in [-0.15, -0.1) is 0 Å². The molecule has 0 aromatic carbocycles. The lowest BCUT2D eigenvalue weighted by atomic mass is 10.1. The molecule has 4 heteroatoms. The van der Waals surface area contributed by atoms with E-state index in [9.17, 15) is 4.79 Å². The standard InChI is InChI=1S/C11H15ClN2O/c1-3-8(4-2)13-11(15)9-6-5-7-10(12)14-9/h5-8H,3-4H2,1-2H3,(H,13,15). The maximum absolute atomic E-state index is 11.7. The summed E-state index contributed by atoms with van der Waals surface area (Å²) < 4.78 is 0. The highest BCUT2D eigenvalue weighted by molar-refractivity contribution is 6.29. The van der Waals surface area contributed by atoms with E-state index in [4.69, 9.17) is 11.6 Å². The zero-order valence-electron chi connectivity index (χ0n) is 8.96. The van der Waals surface area contributed by atoms with Crippen molar-refractivity contribution in [3.63, 3.8) is 0 Å². The number of pyridine rings is 1. The van der Waals surface area contributed by atoms with Crippen molar-refractivity contribution in [2.45, 2.75) is 32.7 Å². The summed E-state index contributed by atoms with van der Waals surface area (Å²) in [6, 6.07) is 5.23. The SMILES string of the molecule is CCC(CC)NC(=O)c1cccc(Cl)n1. The molecule has 0 spiro atoms. The molecule has 82 valence electrons. The molecule has 1 aromatic heterocycles. The van der Waals surface area contributed by atoms with Crippen LogP contribution in [0.4, 0.5) is 0 Å². The summed E-state index contributed by atoms with van der Waals surface area (Å²) >= 11 is 5.70. The van der Waals surface area contributed by atoms with Crippen molar-refractivity contribution in [3.05, 3.63) is 29.0 Å². The Morgan fingerprint density at radius 1 is 1.47 bits per heavy atom. The zero-order valence-corrected chi connectivity index (χ0v) is 9.71. The molecule has 3 nitrogen and oxygen atoms in total. The molecule has 1 aromatic rings. The second kappa shape index (κ2) is 5.71. The van der Waals surface area contributed by atoms with E-state index in [0.717, 1.165) is 12.8 Å². The smallest absolute Gasteiger partial charge is 0.270 e. The van der Waals surface area contributed by atoms with Crippen molar-refractivity contribution < 1.29 is 4.79 Å². The van der Waals surface area contributed by atoms with E-state index in [1.807, 2.05) is 13.8 Å². The van der Waals surface area contributed by atoms with Crippen LogP contribution in [0.1, 0.15) is 37.2 Å². The molecule has 1 N–H and O–H groups in total. The molecule has 0 unspecified atom stereocenters. The van der Waals surface area contributed by atoms with Crippen molar-refractivity contribution in [1.29, 1.82) is 0 Å². The summed E-state index contributed by atoms with van der Waals surface area (Å²) in [5.74, 6) is -0.161. The lowest BCUT2D eigenvalue weighted by Crippen LogP contribution is -2.34. The van der Waals surface area contributed by atoms with E-state index >= 15 is 0 Å². The molecule has 1 heterocycles. The second-order valence-electron chi connectivity index (χ2n) is 3.33. The number of carbonyl (C=O) groups excluding carboxylic acids is 1. The number of aromatic nitrogens is 1. The average molecular weight is 227 g/mol. The van der Waals surface area contributed by atoms with Gasteiger partial charge in [-0.3, -0.25) is 4.79 Å². The number of nitrogens with one attached hydrogen (secondary N) is 1.